The van der Waals surface area contributed by atoms with E-state index in [0.717, 1.165) is 41.1 Å². The van der Waals surface area contributed by atoms with E-state index in [2.05, 4.69) is 13.1 Å². The number of fused-ring (bicyclic) bond motifs is 3. The van der Waals surface area contributed by atoms with Crippen LogP contribution in [0.5, 0.6) is 11.5 Å². The standard InChI is InChI=1S/C17H20NO4.HI/c1-18-3-2-9-4-12(19)17(20)15(16(9)18)11-6-14-13(21-8-22-14)5-10(11)7-18;/h4-6,12,15-17,19-20H,2-3,7-8H2,1H3;1H/q+1;/p-1/t12-,15?,16?,17+,18?;/m0./s1. The van der Waals surface area contributed by atoms with E-state index in [1.165, 1.54) is 11.1 Å². The molecule has 3 aliphatic heterocycles. The Morgan fingerprint density at radius 2 is 1.91 bits per heavy atom. The van der Waals surface area contributed by atoms with E-state index in [0.29, 0.717) is 0 Å². The predicted octanol–water partition coefficient (Wildman–Crippen LogP) is -2.10. The molecule has 0 aromatic heterocycles. The molecule has 4 aliphatic rings. The Hall–Kier alpha value is -0.830. The van der Waals surface area contributed by atoms with E-state index < -0.39 is 12.2 Å². The second-order valence-corrected chi connectivity index (χ2v) is 7.21. The molecule has 0 amide bonds. The van der Waals surface area contributed by atoms with E-state index in [1.54, 1.807) is 0 Å². The summed E-state index contributed by atoms with van der Waals surface area (Å²) in [5.41, 5.74) is 3.62. The van der Waals surface area contributed by atoms with Crippen LogP contribution in [-0.2, 0) is 6.54 Å². The summed E-state index contributed by atoms with van der Waals surface area (Å²) in [6, 6.07) is 4.35. The lowest BCUT2D eigenvalue weighted by atomic mass is 9.72. The Kier molecular flexibility index (Phi) is 3.46. The topological polar surface area (TPSA) is 58.9 Å². The van der Waals surface area contributed by atoms with Crippen molar-refractivity contribution in [1.82, 2.24) is 0 Å². The van der Waals surface area contributed by atoms with Crippen molar-refractivity contribution in [3.63, 3.8) is 0 Å². The Morgan fingerprint density at radius 1 is 1.17 bits per heavy atom. The predicted molar refractivity (Wildman–Crippen MR) is 78.6 cm³/mol. The van der Waals surface area contributed by atoms with Gasteiger partial charge in [-0.25, -0.2) is 0 Å². The van der Waals surface area contributed by atoms with Gasteiger partial charge in [0.25, 0.3) is 0 Å². The number of ether oxygens (including phenoxy) is 2. The lowest BCUT2D eigenvalue weighted by Crippen LogP contribution is -3.00. The highest BCUT2D eigenvalue weighted by atomic mass is 127. The minimum Gasteiger partial charge on any atom is -1.00 e. The first-order chi connectivity index (χ1) is 10.6. The smallest absolute Gasteiger partial charge is 0.231 e. The van der Waals surface area contributed by atoms with Crippen molar-refractivity contribution >= 4 is 0 Å². The molecule has 1 saturated heterocycles. The molecule has 23 heavy (non-hydrogen) atoms. The second kappa shape index (κ2) is 5.08. The number of hydrogen-bond donors (Lipinski definition) is 2. The number of nitrogens with zero attached hydrogens (tertiary/aromatic N) is 1. The van der Waals surface area contributed by atoms with Gasteiger partial charge in [-0.1, -0.05) is 0 Å². The third kappa shape index (κ3) is 2.01. The van der Waals surface area contributed by atoms with E-state index >= 15 is 0 Å². The second-order valence-electron chi connectivity index (χ2n) is 7.21. The highest BCUT2D eigenvalue weighted by molar-refractivity contribution is 5.52. The van der Waals surface area contributed by atoms with Crippen LogP contribution in [0, 0.1) is 0 Å². The fraction of sp³-hybridized carbons (Fsp3) is 0.529. The van der Waals surface area contributed by atoms with E-state index in [-0.39, 0.29) is 42.7 Å². The Labute approximate surface area is 152 Å². The molecule has 5 atom stereocenters. The first-order valence-corrected chi connectivity index (χ1v) is 7.90. The molecule has 124 valence electrons. The van der Waals surface area contributed by atoms with Gasteiger partial charge in [-0.3, -0.25) is 0 Å². The van der Waals surface area contributed by atoms with Gasteiger partial charge in [-0.15, -0.1) is 0 Å². The molecule has 5 nitrogen and oxygen atoms in total. The largest absolute Gasteiger partial charge is 1.00 e. The van der Waals surface area contributed by atoms with E-state index in [9.17, 15) is 10.2 Å². The first kappa shape index (κ1) is 15.7. The summed E-state index contributed by atoms with van der Waals surface area (Å²) in [6.45, 7) is 2.25. The minimum absolute atomic E-state index is 0. The van der Waals surface area contributed by atoms with Gasteiger partial charge >= 0.3 is 0 Å². The highest BCUT2D eigenvalue weighted by Crippen LogP contribution is 2.52. The molecule has 2 N–H and O–H groups in total. The Balaban J connectivity index is 0.00000135. The van der Waals surface area contributed by atoms with Gasteiger partial charge in [0, 0.05) is 12.0 Å². The molecule has 1 fully saturated rings. The van der Waals surface area contributed by atoms with Crippen LogP contribution in [0.25, 0.3) is 0 Å². The molecule has 3 heterocycles. The van der Waals surface area contributed by atoms with Crippen molar-refractivity contribution < 1.29 is 48.1 Å². The summed E-state index contributed by atoms with van der Waals surface area (Å²) in [5, 5.41) is 20.9. The van der Waals surface area contributed by atoms with Gasteiger partial charge in [0.05, 0.1) is 31.7 Å². The normalized spacial score (nSPS) is 39.2. The van der Waals surface area contributed by atoms with Crippen LogP contribution in [0.3, 0.4) is 0 Å². The number of likely N-dealkylation sites (N-methyl/N-ethyl adjacent to an activating group) is 1. The summed E-state index contributed by atoms with van der Waals surface area (Å²) in [6.07, 6.45) is 1.35. The molecule has 1 aromatic rings. The van der Waals surface area contributed by atoms with Gasteiger partial charge < -0.3 is 48.1 Å². The fourth-order valence-electron chi connectivity index (χ4n) is 4.96. The summed E-state index contributed by atoms with van der Waals surface area (Å²) in [5.74, 6) is 1.48. The number of aliphatic hydroxyl groups is 2. The Morgan fingerprint density at radius 3 is 2.70 bits per heavy atom. The van der Waals surface area contributed by atoms with E-state index in [1.807, 2.05) is 12.1 Å². The summed E-state index contributed by atoms with van der Waals surface area (Å²) < 4.78 is 11.9. The average molecular weight is 429 g/mol. The molecular weight excluding hydrogens is 409 g/mol. The van der Waals surface area contributed by atoms with Crippen LogP contribution in [0.2, 0.25) is 0 Å². The summed E-state index contributed by atoms with van der Waals surface area (Å²) in [7, 11) is 2.26. The zero-order valence-electron chi connectivity index (χ0n) is 12.9. The third-order valence-electron chi connectivity index (χ3n) is 5.93. The number of hydrogen-bond acceptors (Lipinski definition) is 4. The third-order valence-corrected chi connectivity index (χ3v) is 5.93. The summed E-state index contributed by atoms with van der Waals surface area (Å²) in [4.78, 5) is 0. The van der Waals surface area contributed by atoms with E-state index in [4.69, 9.17) is 9.47 Å². The van der Waals surface area contributed by atoms with Crippen molar-refractivity contribution in [2.45, 2.75) is 37.1 Å². The maximum atomic E-state index is 10.7. The maximum Gasteiger partial charge on any atom is 0.231 e. The first-order valence-electron chi connectivity index (χ1n) is 7.90. The lowest BCUT2D eigenvalue weighted by molar-refractivity contribution is -0.935. The molecule has 0 saturated carbocycles. The maximum absolute atomic E-state index is 10.7. The van der Waals surface area contributed by atoms with Gasteiger partial charge in [0.1, 0.15) is 12.6 Å². The molecule has 1 aliphatic carbocycles. The van der Waals surface area contributed by atoms with Crippen LogP contribution < -0.4 is 33.5 Å². The van der Waals surface area contributed by atoms with Crippen molar-refractivity contribution in [1.29, 1.82) is 0 Å². The zero-order chi connectivity index (χ0) is 15.1. The Bertz CT molecular complexity index is 706. The SMILES string of the molecule is C[N+]12CCC3=C[C@H](O)[C@@H](O)C(c4cc5c(cc4C1)OCO5)C32.[I-]. The highest BCUT2D eigenvalue weighted by Gasteiger charge is 2.56. The monoisotopic (exact) mass is 429 g/mol. The van der Waals surface area contributed by atoms with Crippen molar-refractivity contribution in [2.75, 3.05) is 20.4 Å². The minimum atomic E-state index is -0.779. The molecule has 6 heteroatoms. The molecule has 0 radical (unpaired) electrons. The fourth-order valence-corrected chi connectivity index (χ4v) is 4.96. The van der Waals surface area contributed by atoms with Crippen molar-refractivity contribution in [2.24, 2.45) is 0 Å². The average Bonchev–Trinajstić information content (AvgIpc) is 3.06. The van der Waals surface area contributed by atoms with Crippen molar-refractivity contribution in [3.8, 4) is 11.5 Å². The van der Waals surface area contributed by atoms with Gasteiger partial charge in [0.15, 0.2) is 11.5 Å². The molecule has 0 spiro atoms. The van der Waals surface area contributed by atoms with Gasteiger partial charge in [-0.2, -0.15) is 0 Å². The van der Waals surface area contributed by atoms with Crippen LogP contribution in [0.4, 0.5) is 0 Å². The molecular formula is C17H20INO4. The molecule has 5 rings (SSSR count). The molecule has 3 unspecified atom stereocenters. The van der Waals surface area contributed by atoms with Gasteiger partial charge in [-0.05, 0) is 29.3 Å². The molecule has 0 bridgehead atoms. The van der Waals surface area contributed by atoms with Gasteiger partial charge in [0.2, 0.25) is 6.79 Å². The van der Waals surface area contributed by atoms with Crippen molar-refractivity contribution in [3.05, 3.63) is 34.9 Å². The lowest BCUT2D eigenvalue weighted by Gasteiger charge is -2.48. The number of rotatable bonds is 0. The zero-order valence-corrected chi connectivity index (χ0v) is 15.1. The van der Waals surface area contributed by atoms with Crippen LogP contribution >= 0.6 is 0 Å². The van der Waals surface area contributed by atoms with Crippen LogP contribution in [-0.4, -0.2) is 53.3 Å². The number of aliphatic hydroxyl groups excluding tert-OH is 2. The van der Waals surface area contributed by atoms with Crippen LogP contribution in [0.15, 0.2) is 23.8 Å². The summed E-state index contributed by atoms with van der Waals surface area (Å²) >= 11 is 0. The van der Waals surface area contributed by atoms with Crippen LogP contribution in [0.1, 0.15) is 23.5 Å². The quantitative estimate of drug-likeness (QED) is 0.282. The number of benzene rings is 1. The number of halogens is 1. The molecule has 1 aromatic carbocycles. The number of quaternary nitrogens is 1.